The molecule has 0 unspecified atom stereocenters. The number of aromatic nitrogens is 3. The first-order valence-corrected chi connectivity index (χ1v) is 9.71. The Morgan fingerprint density at radius 1 is 1.17 bits per heavy atom. The summed E-state index contributed by atoms with van der Waals surface area (Å²) in [5, 5.41) is 17.6. The van der Waals surface area contributed by atoms with E-state index < -0.39 is 5.97 Å². The van der Waals surface area contributed by atoms with Crippen molar-refractivity contribution in [3.05, 3.63) is 56.9 Å². The highest BCUT2D eigenvalue weighted by Gasteiger charge is 2.16. The third-order valence-corrected chi connectivity index (χ3v) is 5.16. The third kappa shape index (κ3) is 5.03. The van der Waals surface area contributed by atoms with Gasteiger partial charge in [0, 0.05) is 10.6 Å². The molecule has 3 aromatic rings. The molecular weight excluding hydrogens is 437 g/mol. The van der Waals surface area contributed by atoms with Gasteiger partial charge >= 0.3 is 5.97 Å². The molecule has 0 aliphatic carbocycles. The minimum absolute atomic E-state index is 0.00921. The minimum atomic E-state index is -1.13. The second-order valence-electron chi connectivity index (χ2n) is 5.63. The van der Waals surface area contributed by atoms with Gasteiger partial charge in [0.2, 0.25) is 5.16 Å². The average molecular weight is 452 g/mol. The van der Waals surface area contributed by atoms with Crippen LogP contribution in [0.3, 0.4) is 0 Å². The van der Waals surface area contributed by atoms with Crippen LogP contribution in [0.15, 0.2) is 46.5 Å². The van der Waals surface area contributed by atoms with Crippen LogP contribution < -0.4 is 9.47 Å². The first-order chi connectivity index (χ1) is 13.9. The van der Waals surface area contributed by atoms with Gasteiger partial charge in [-0.2, -0.15) is 0 Å². The van der Waals surface area contributed by atoms with Gasteiger partial charge in [0.05, 0.1) is 19.2 Å². The lowest BCUT2D eigenvalue weighted by Crippen LogP contribution is -1.98. The maximum atomic E-state index is 11.7. The summed E-state index contributed by atoms with van der Waals surface area (Å²) in [5.74, 6) is 0.142. The van der Waals surface area contributed by atoms with Gasteiger partial charge in [-0.1, -0.05) is 23.2 Å². The largest absolute Gasteiger partial charge is 0.493 e. The number of hydrogen-bond donors (Lipinski definition) is 2. The highest BCUT2D eigenvalue weighted by molar-refractivity contribution is 8.04. The van der Waals surface area contributed by atoms with Crippen molar-refractivity contribution in [3.63, 3.8) is 0 Å². The number of ether oxygens (including phenoxy) is 2. The van der Waals surface area contributed by atoms with E-state index in [4.69, 9.17) is 32.7 Å². The van der Waals surface area contributed by atoms with Gasteiger partial charge in [-0.05, 0) is 59.8 Å². The van der Waals surface area contributed by atoms with Crippen molar-refractivity contribution in [3.8, 4) is 22.9 Å². The topological polar surface area (TPSA) is 97.3 Å². The van der Waals surface area contributed by atoms with E-state index in [1.54, 1.807) is 36.4 Å². The molecule has 0 aliphatic heterocycles. The number of rotatable bonds is 7. The van der Waals surface area contributed by atoms with Crippen LogP contribution in [-0.2, 0) is 4.79 Å². The van der Waals surface area contributed by atoms with Crippen LogP contribution in [0, 0.1) is 0 Å². The van der Waals surface area contributed by atoms with Crippen LogP contribution in [-0.4, -0.2) is 40.5 Å². The molecule has 29 heavy (non-hydrogen) atoms. The number of methoxy groups -OCH3 is 2. The molecule has 7 nitrogen and oxygen atoms in total. The van der Waals surface area contributed by atoms with Gasteiger partial charge in [0.1, 0.15) is 4.91 Å². The predicted octanol–water partition coefficient (Wildman–Crippen LogP) is 5.01. The van der Waals surface area contributed by atoms with Crippen molar-refractivity contribution in [1.29, 1.82) is 0 Å². The lowest BCUT2D eigenvalue weighted by molar-refractivity contribution is -0.131. The Morgan fingerprint density at radius 3 is 2.52 bits per heavy atom. The zero-order valence-corrected chi connectivity index (χ0v) is 17.6. The van der Waals surface area contributed by atoms with Crippen molar-refractivity contribution in [2.24, 2.45) is 0 Å². The van der Waals surface area contributed by atoms with Gasteiger partial charge < -0.3 is 14.6 Å². The molecular formula is C19H15Cl2N3O4S. The Labute approximate surface area is 180 Å². The van der Waals surface area contributed by atoms with Gasteiger partial charge in [-0.15, -0.1) is 5.10 Å². The van der Waals surface area contributed by atoms with Gasteiger partial charge in [-0.25, -0.2) is 9.78 Å². The Morgan fingerprint density at radius 2 is 1.90 bits per heavy atom. The van der Waals surface area contributed by atoms with E-state index in [2.05, 4.69) is 15.2 Å². The normalized spacial score (nSPS) is 11.4. The van der Waals surface area contributed by atoms with E-state index in [-0.39, 0.29) is 10.1 Å². The fourth-order valence-corrected chi connectivity index (χ4v) is 3.56. The summed E-state index contributed by atoms with van der Waals surface area (Å²) in [5.41, 5.74) is 1.31. The summed E-state index contributed by atoms with van der Waals surface area (Å²) in [6.45, 7) is 0. The molecule has 1 aromatic heterocycles. The SMILES string of the molecule is COc1cc(/C=C(\Sc2n[nH]c(-c3ccc(Cl)cc3)n2)C(=O)O)cc(Cl)c1OC. The third-order valence-electron chi connectivity index (χ3n) is 3.75. The first-order valence-electron chi connectivity index (χ1n) is 8.14. The number of carboxylic acids is 1. The van der Waals surface area contributed by atoms with Crippen molar-refractivity contribution < 1.29 is 19.4 Å². The smallest absolute Gasteiger partial charge is 0.342 e. The maximum absolute atomic E-state index is 11.7. The Kier molecular flexibility index (Phi) is 6.68. The summed E-state index contributed by atoms with van der Waals surface area (Å²) in [6.07, 6.45) is 1.46. The summed E-state index contributed by atoms with van der Waals surface area (Å²) >= 11 is 13.0. The number of aromatic amines is 1. The molecule has 0 radical (unpaired) electrons. The molecule has 10 heteroatoms. The molecule has 150 valence electrons. The minimum Gasteiger partial charge on any atom is -0.493 e. The van der Waals surface area contributed by atoms with E-state index in [0.29, 0.717) is 32.9 Å². The molecule has 0 atom stereocenters. The Balaban J connectivity index is 1.89. The number of aliphatic carboxylic acids is 1. The highest BCUT2D eigenvalue weighted by atomic mass is 35.5. The second kappa shape index (κ2) is 9.21. The number of nitrogens with one attached hydrogen (secondary N) is 1. The van der Waals surface area contributed by atoms with Crippen LogP contribution in [0.2, 0.25) is 10.0 Å². The predicted molar refractivity (Wildman–Crippen MR) is 113 cm³/mol. The molecule has 0 aliphatic rings. The van der Waals surface area contributed by atoms with Crippen molar-refractivity contribution in [1.82, 2.24) is 15.2 Å². The number of carbonyl (C=O) groups is 1. The fourth-order valence-electron chi connectivity index (χ4n) is 2.43. The molecule has 1 heterocycles. The van der Waals surface area contributed by atoms with Crippen molar-refractivity contribution >= 4 is 47.0 Å². The Hall–Kier alpha value is -2.68. The first kappa shape index (κ1) is 21.0. The van der Waals surface area contributed by atoms with Crippen LogP contribution in [0.25, 0.3) is 17.5 Å². The number of carboxylic acid groups (broad SMARTS) is 1. The standard InChI is InChI=1S/C19H15Cl2N3O4S/c1-27-14-8-10(7-13(21)16(14)28-2)9-15(18(25)26)29-19-22-17(23-24-19)11-3-5-12(20)6-4-11/h3-9H,1-2H3,(H,25,26)(H,22,23,24)/b15-9-. The monoisotopic (exact) mass is 451 g/mol. The van der Waals surface area contributed by atoms with Gasteiger partial charge in [0.25, 0.3) is 0 Å². The van der Waals surface area contributed by atoms with E-state index in [9.17, 15) is 9.90 Å². The summed E-state index contributed by atoms with van der Waals surface area (Å²) in [6, 6.07) is 10.3. The van der Waals surface area contributed by atoms with Crippen LogP contribution in [0.1, 0.15) is 5.56 Å². The molecule has 0 bridgehead atoms. The number of H-pyrrole nitrogens is 1. The summed E-state index contributed by atoms with van der Waals surface area (Å²) in [4.78, 5) is 16.1. The molecule has 0 spiro atoms. The van der Waals surface area contributed by atoms with Crippen LogP contribution in [0.4, 0.5) is 0 Å². The molecule has 0 amide bonds. The highest BCUT2D eigenvalue weighted by Crippen LogP contribution is 2.37. The van der Waals surface area contributed by atoms with Gasteiger partial charge in [0.15, 0.2) is 17.3 Å². The summed E-state index contributed by atoms with van der Waals surface area (Å²) in [7, 11) is 2.94. The zero-order valence-electron chi connectivity index (χ0n) is 15.3. The molecule has 3 rings (SSSR count). The van der Waals surface area contributed by atoms with E-state index in [0.717, 1.165) is 17.3 Å². The molecule has 2 aromatic carbocycles. The lowest BCUT2D eigenvalue weighted by atomic mass is 10.2. The van der Waals surface area contributed by atoms with E-state index in [1.807, 2.05) is 0 Å². The average Bonchev–Trinajstić information content (AvgIpc) is 3.16. The number of halogens is 2. The van der Waals surface area contributed by atoms with Gasteiger partial charge in [-0.3, -0.25) is 5.10 Å². The number of hydrogen-bond acceptors (Lipinski definition) is 6. The molecule has 0 saturated carbocycles. The van der Waals surface area contributed by atoms with E-state index >= 15 is 0 Å². The second-order valence-corrected chi connectivity index (χ2v) is 7.48. The van der Waals surface area contributed by atoms with E-state index in [1.165, 1.54) is 20.3 Å². The van der Waals surface area contributed by atoms with Crippen LogP contribution in [0.5, 0.6) is 11.5 Å². The fraction of sp³-hybridized carbons (Fsp3) is 0.105. The quantitative estimate of drug-likeness (QED) is 0.384. The molecule has 0 fully saturated rings. The molecule has 2 N–H and O–H groups in total. The lowest BCUT2D eigenvalue weighted by Gasteiger charge is -2.10. The van der Waals surface area contributed by atoms with Crippen molar-refractivity contribution in [2.75, 3.05) is 14.2 Å². The summed E-state index contributed by atoms with van der Waals surface area (Å²) < 4.78 is 10.4. The number of thioether (sulfide) groups is 1. The van der Waals surface area contributed by atoms with Crippen molar-refractivity contribution in [2.45, 2.75) is 5.16 Å². The maximum Gasteiger partial charge on any atom is 0.342 e. The number of benzene rings is 2. The number of nitrogens with zero attached hydrogens (tertiary/aromatic N) is 2. The molecule has 0 saturated heterocycles. The van der Waals surface area contributed by atoms with Crippen LogP contribution >= 0.6 is 35.0 Å². The zero-order chi connectivity index (χ0) is 21.0. The Bertz CT molecular complexity index is 1070.